The van der Waals surface area contributed by atoms with Crippen molar-refractivity contribution in [3.05, 3.63) is 47.2 Å². The van der Waals surface area contributed by atoms with Gasteiger partial charge in [0.25, 0.3) is 5.91 Å². The molecular formula is C21H25N5O3. The molecule has 8 heteroatoms. The number of hydrogen-bond acceptors (Lipinski definition) is 6. The van der Waals surface area contributed by atoms with E-state index in [0.29, 0.717) is 30.1 Å². The van der Waals surface area contributed by atoms with Crippen molar-refractivity contribution in [2.24, 2.45) is 0 Å². The first-order chi connectivity index (χ1) is 13.9. The summed E-state index contributed by atoms with van der Waals surface area (Å²) in [5.74, 6) is 0.332. The lowest BCUT2D eigenvalue weighted by molar-refractivity contribution is 0.0897. The van der Waals surface area contributed by atoms with E-state index in [9.17, 15) is 9.90 Å². The van der Waals surface area contributed by atoms with Crippen LogP contribution in [0.5, 0.6) is 5.88 Å². The molecule has 0 unspecified atom stereocenters. The lowest BCUT2D eigenvalue weighted by Crippen LogP contribution is -2.33. The highest BCUT2D eigenvalue weighted by Crippen LogP contribution is 2.34. The number of nitrogens with one attached hydrogen (secondary N) is 1. The number of hydrogen-bond donors (Lipinski definition) is 2. The van der Waals surface area contributed by atoms with Gasteiger partial charge in [-0.15, -0.1) is 0 Å². The van der Waals surface area contributed by atoms with Gasteiger partial charge >= 0.3 is 0 Å². The van der Waals surface area contributed by atoms with Crippen molar-refractivity contribution in [3.63, 3.8) is 0 Å². The minimum atomic E-state index is -0.744. The summed E-state index contributed by atoms with van der Waals surface area (Å²) in [7, 11) is 0. The Morgan fingerprint density at radius 3 is 2.83 bits per heavy atom. The summed E-state index contributed by atoms with van der Waals surface area (Å²) < 4.78 is 7.55. The van der Waals surface area contributed by atoms with E-state index in [1.165, 1.54) is 6.33 Å². The molecule has 3 aromatic heterocycles. The van der Waals surface area contributed by atoms with Gasteiger partial charge in [0.05, 0.1) is 35.5 Å². The third-order valence-corrected chi connectivity index (χ3v) is 5.25. The molecule has 152 valence electrons. The maximum Gasteiger partial charge on any atom is 0.255 e. The van der Waals surface area contributed by atoms with Crippen LogP contribution in [-0.2, 0) is 6.54 Å². The molecule has 2 N–H and O–H groups in total. The molecule has 0 atom stereocenters. The van der Waals surface area contributed by atoms with E-state index in [-0.39, 0.29) is 12.5 Å². The Morgan fingerprint density at radius 1 is 1.31 bits per heavy atom. The number of aryl methyl sites for hydroxylation is 1. The van der Waals surface area contributed by atoms with Crippen molar-refractivity contribution < 1.29 is 14.6 Å². The van der Waals surface area contributed by atoms with Gasteiger partial charge in [-0.05, 0) is 45.2 Å². The summed E-state index contributed by atoms with van der Waals surface area (Å²) >= 11 is 0. The van der Waals surface area contributed by atoms with E-state index < -0.39 is 5.60 Å². The van der Waals surface area contributed by atoms with Gasteiger partial charge in [0.15, 0.2) is 0 Å². The smallest absolute Gasteiger partial charge is 0.255 e. The summed E-state index contributed by atoms with van der Waals surface area (Å²) in [6.07, 6.45) is 6.49. The predicted molar refractivity (Wildman–Crippen MR) is 108 cm³/mol. The second-order valence-electron chi connectivity index (χ2n) is 7.64. The zero-order chi connectivity index (χ0) is 20.6. The molecule has 0 bridgehead atoms. The summed E-state index contributed by atoms with van der Waals surface area (Å²) in [6, 6.07) is 2.01. The molecule has 1 aliphatic rings. The average Bonchev–Trinajstić information content (AvgIpc) is 3.34. The van der Waals surface area contributed by atoms with Crippen LogP contribution in [0.1, 0.15) is 46.9 Å². The molecule has 0 saturated heterocycles. The second-order valence-corrected chi connectivity index (χ2v) is 7.64. The van der Waals surface area contributed by atoms with Gasteiger partial charge in [-0.25, -0.2) is 9.97 Å². The number of aliphatic hydroxyl groups is 1. The second kappa shape index (κ2) is 7.44. The molecule has 8 nitrogen and oxygen atoms in total. The fourth-order valence-electron chi connectivity index (χ4n) is 3.30. The lowest BCUT2D eigenvalue weighted by Gasteiger charge is -2.11. The van der Waals surface area contributed by atoms with Crippen molar-refractivity contribution in [2.45, 2.75) is 45.8 Å². The minimum absolute atomic E-state index is 0.236. The van der Waals surface area contributed by atoms with Crippen molar-refractivity contribution in [1.29, 1.82) is 0 Å². The van der Waals surface area contributed by atoms with Crippen LogP contribution in [0, 0.1) is 13.8 Å². The van der Waals surface area contributed by atoms with Crippen molar-refractivity contribution in [1.82, 2.24) is 24.8 Å². The van der Waals surface area contributed by atoms with Gasteiger partial charge in [0, 0.05) is 24.5 Å². The summed E-state index contributed by atoms with van der Waals surface area (Å²) in [5.41, 5.74) is 3.93. The Morgan fingerprint density at radius 2 is 2.10 bits per heavy atom. The van der Waals surface area contributed by atoms with E-state index in [2.05, 4.69) is 20.3 Å². The third-order valence-electron chi connectivity index (χ3n) is 5.25. The van der Waals surface area contributed by atoms with Crippen LogP contribution in [0.15, 0.2) is 24.8 Å². The van der Waals surface area contributed by atoms with Crippen LogP contribution in [0.25, 0.3) is 11.0 Å². The Labute approximate surface area is 169 Å². The molecule has 1 fully saturated rings. The van der Waals surface area contributed by atoms with Gasteiger partial charge in [-0.2, -0.15) is 0 Å². The average molecular weight is 395 g/mol. The summed E-state index contributed by atoms with van der Waals surface area (Å²) in [6.45, 7) is 7.07. The molecule has 0 spiro atoms. The maximum absolute atomic E-state index is 12.8. The number of amides is 1. The van der Waals surface area contributed by atoms with Crippen molar-refractivity contribution in [3.8, 4) is 5.88 Å². The lowest BCUT2D eigenvalue weighted by atomic mass is 10.2. The predicted octanol–water partition coefficient (Wildman–Crippen LogP) is 2.14. The highest BCUT2D eigenvalue weighted by molar-refractivity contribution is 6.05. The highest BCUT2D eigenvalue weighted by atomic mass is 16.5. The van der Waals surface area contributed by atoms with Crippen molar-refractivity contribution >= 4 is 16.9 Å². The van der Waals surface area contributed by atoms with E-state index in [0.717, 1.165) is 35.2 Å². The third kappa shape index (κ3) is 3.93. The number of fused-ring (bicyclic) bond motifs is 1. The van der Waals surface area contributed by atoms with Crippen LogP contribution in [0.4, 0.5) is 0 Å². The SMILES string of the molecule is CCOc1ncnc(Cn2cc(C(=O)NCC3(O)CC3)c3ncc(C)cc32)c1C. The van der Waals surface area contributed by atoms with Crippen LogP contribution in [0.2, 0.25) is 0 Å². The molecule has 3 heterocycles. The number of rotatable bonds is 7. The fraction of sp³-hybridized carbons (Fsp3) is 0.429. The number of pyridine rings is 1. The Balaban J connectivity index is 1.68. The van der Waals surface area contributed by atoms with E-state index in [1.54, 1.807) is 12.4 Å². The number of nitrogens with zero attached hydrogens (tertiary/aromatic N) is 4. The zero-order valence-electron chi connectivity index (χ0n) is 16.9. The molecule has 0 radical (unpaired) electrons. The largest absolute Gasteiger partial charge is 0.478 e. The molecular weight excluding hydrogens is 370 g/mol. The number of ether oxygens (including phenoxy) is 1. The normalized spacial score (nSPS) is 14.8. The molecule has 0 aliphatic heterocycles. The highest BCUT2D eigenvalue weighted by Gasteiger charge is 2.40. The van der Waals surface area contributed by atoms with Crippen LogP contribution < -0.4 is 10.1 Å². The van der Waals surface area contributed by atoms with Gasteiger partial charge in [0.1, 0.15) is 11.8 Å². The number of carbonyl (C=O) groups excluding carboxylic acids is 1. The first-order valence-corrected chi connectivity index (χ1v) is 9.79. The van der Waals surface area contributed by atoms with Crippen LogP contribution >= 0.6 is 0 Å². The topological polar surface area (TPSA) is 102 Å². The molecule has 1 amide bonds. The van der Waals surface area contributed by atoms with E-state index >= 15 is 0 Å². The quantitative estimate of drug-likeness (QED) is 0.636. The van der Waals surface area contributed by atoms with Gasteiger partial charge < -0.3 is 19.7 Å². The van der Waals surface area contributed by atoms with E-state index in [4.69, 9.17) is 4.74 Å². The Hall–Kier alpha value is -3.00. The summed E-state index contributed by atoms with van der Waals surface area (Å²) in [4.78, 5) is 25.9. The molecule has 4 rings (SSSR count). The number of aromatic nitrogens is 4. The minimum Gasteiger partial charge on any atom is -0.478 e. The standard InChI is InChI=1S/C21H25N5O3/c1-4-29-20-14(3)16(24-12-25-20)10-26-9-15(18-17(26)7-13(2)8-22-18)19(27)23-11-21(28)5-6-21/h7-9,12,28H,4-6,10-11H2,1-3H3,(H,23,27). The molecule has 1 saturated carbocycles. The zero-order valence-corrected chi connectivity index (χ0v) is 16.9. The molecule has 3 aromatic rings. The molecule has 29 heavy (non-hydrogen) atoms. The first-order valence-electron chi connectivity index (χ1n) is 9.79. The monoisotopic (exact) mass is 395 g/mol. The number of carbonyl (C=O) groups is 1. The van der Waals surface area contributed by atoms with Gasteiger partial charge in [-0.3, -0.25) is 9.78 Å². The van der Waals surface area contributed by atoms with E-state index in [1.807, 2.05) is 31.4 Å². The van der Waals surface area contributed by atoms with Crippen LogP contribution in [-0.4, -0.2) is 49.3 Å². The summed E-state index contributed by atoms with van der Waals surface area (Å²) in [5, 5.41) is 12.8. The van der Waals surface area contributed by atoms with Crippen LogP contribution in [0.3, 0.4) is 0 Å². The molecule has 0 aromatic carbocycles. The van der Waals surface area contributed by atoms with Gasteiger partial charge in [0.2, 0.25) is 5.88 Å². The first kappa shape index (κ1) is 19.3. The Bertz CT molecular complexity index is 1070. The Kier molecular flexibility index (Phi) is 4.96. The van der Waals surface area contributed by atoms with Crippen molar-refractivity contribution in [2.75, 3.05) is 13.2 Å². The molecule has 1 aliphatic carbocycles. The fourth-order valence-corrected chi connectivity index (χ4v) is 3.30. The maximum atomic E-state index is 12.8. The van der Waals surface area contributed by atoms with Gasteiger partial charge in [-0.1, -0.05) is 0 Å².